The van der Waals surface area contributed by atoms with Crippen molar-refractivity contribution in [2.45, 2.75) is 39.2 Å². The average Bonchev–Trinajstić information content (AvgIpc) is 2.60. The molecule has 17 heavy (non-hydrogen) atoms. The largest absolute Gasteiger partial charge is 0.383 e. The maximum atomic E-state index is 11.9. The third-order valence-electron chi connectivity index (χ3n) is 3.29. The molecule has 0 aromatic heterocycles. The number of nitrogens with zero attached hydrogens (tertiary/aromatic N) is 1. The van der Waals surface area contributed by atoms with Gasteiger partial charge in [0.2, 0.25) is 5.91 Å². The van der Waals surface area contributed by atoms with Gasteiger partial charge in [0, 0.05) is 32.7 Å². The Hall–Kier alpha value is -0.610. The molecule has 1 N–H and O–H groups in total. The van der Waals surface area contributed by atoms with Crippen molar-refractivity contribution >= 4 is 5.91 Å². The average molecular weight is 242 g/mol. The fourth-order valence-electron chi connectivity index (χ4n) is 2.56. The van der Waals surface area contributed by atoms with Crippen LogP contribution in [0.3, 0.4) is 0 Å². The molecule has 2 atom stereocenters. The number of likely N-dealkylation sites (N-methyl/N-ethyl adjacent to an activating group) is 1. The number of rotatable bonds is 8. The molecule has 2 unspecified atom stereocenters. The van der Waals surface area contributed by atoms with Crippen LogP contribution in [0.2, 0.25) is 0 Å². The summed E-state index contributed by atoms with van der Waals surface area (Å²) < 4.78 is 5.18. The molecule has 4 nitrogen and oxygen atoms in total. The van der Waals surface area contributed by atoms with E-state index >= 15 is 0 Å². The van der Waals surface area contributed by atoms with E-state index in [1.54, 1.807) is 7.11 Å². The zero-order valence-electron chi connectivity index (χ0n) is 11.4. The normalized spacial score (nSPS) is 22.2. The minimum absolute atomic E-state index is 0.259. The van der Waals surface area contributed by atoms with Crippen LogP contribution in [0.1, 0.15) is 33.1 Å². The predicted molar refractivity (Wildman–Crippen MR) is 68.9 cm³/mol. The van der Waals surface area contributed by atoms with Crippen LogP contribution in [0, 0.1) is 5.92 Å². The molecule has 0 aromatic rings. The zero-order valence-corrected chi connectivity index (χ0v) is 11.4. The second-order valence-electron chi connectivity index (χ2n) is 4.87. The third kappa shape index (κ3) is 4.64. The Morgan fingerprint density at radius 3 is 2.88 bits per heavy atom. The monoisotopic (exact) mass is 242 g/mol. The predicted octanol–water partition coefficient (Wildman–Crippen LogP) is 1.26. The lowest BCUT2D eigenvalue weighted by Crippen LogP contribution is -2.44. The minimum Gasteiger partial charge on any atom is -0.383 e. The summed E-state index contributed by atoms with van der Waals surface area (Å²) in [6.45, 7) is 7.54. The summed E-state index contributed by atoms with van der Waals surface area (Å²) in [6, 6.07) is 0.259. The van der Waals surface area contributed by atoms with Gasteiger partial charge in [-0.15, -0.1) is 0 Å². The second-order valence-corrected chi connectivity index (χ2v) is 4.87. The van der Waals surface area contributed by atoms with E-state index in [1.807, 2.05) is 4.90 Å². The molecule has 1 heterocycles. The lowest BCUT2D eigenvalue weighted by molar-refractivity contribution is -0.128. The summed E-state index contributed by atoms with van der Waals surface area (Å²) in [5.41, 5.74) is 0. The van der Waals surface area contributed by atoms with Gasteiger partial charge in [-0.25, -0.2) is 0 Å². The highest BCUT2D eigenvalue weighted by Crippen LogP contribution is 2.22. The van der Waals surface area contributed by atoms with E-state index in [2.05, 4.69) is 19.2 Å². The SMILES string of the molecule is CCCC1CC(=O)N(CC(COC)NCC)C1. The van der Waals surface area contributed by atoms with Crippen LogP contribution < -0.4 is 5.32 Å². The van der Waals surface area contributed by atoms with Gasteiger partial charge in [-0.3, -0.25) is 4.79 Å². The van der Waals surface area contributed by atoms with Crippen molar-refractivity contribution < 1.29 is 9.53 Å². The van der Waals surface area contributed by atoms with Gasteiger partial charge in [0.05, 0.1) is 6.61 Å². The van der Waals surface area contributed by atoms with Crippen LogP contribution in [0.4, 0.5) is 0 Å². The number of methoxy groups -OCH3 is 1. The Kier molecular flexibility index (Phi) is 6.52. The first-order valence-electron chi connectivity index (χ1n) is 6.71. The summed E-state index contributed by atoms with van der Waals surface area (Å²) in [4.78, 5) is 13.9. The van der Waals surface area contributed by atoms with E-state index in [1.165, 1.54) is 12.8 Å². The van der Waals surface area contributed by atoms with Gasteiger partial charge in [0.1, 0.15) is 0 Å². The smallest absolute Gasteiger partial charge is 0.222 e. The highest BCUT2D eigenvalue weighted by Gasteiger charge is 2.30. The summed E-state index contributed by atoms with van der Waals surface area (Å²) >= 11 is 0. The minimum atomic E-state index is 0.259. The van der Waals surface area contributed by atoms with Crippen molar-refractivity contribution in [2.24, 2.45) is 5.92 Å². The van der Waals surface area contributed by atoms with Crippen molar-refractivity contribution in [3.8, 4) is 0 Å². The molecule has 1 fully saturated rings. The Labute approximate surface area is 105 Å². The van der Waals surface area contributed by atoms with E-state index in [9.17, 15) is 4.79 Å². The molecule has 100 valence electrons. The highest BCUT2D eigenvalue weighted by atomic mass is 16.5. The molecule has 1 amide bonds. The van der Waals surface area contributed by atoms with Gasteiger partial charge >= 0.3 is 0 Å². The standard InChI is InChI=1S/C13H26N2O2/c1-4-6-11-7-13(16)15(8-11)9-12(10-17-3)14-5-2/h11-12,14H,4-10H2,1-3H3. The van der Waals surface area contributed by atoms with Crippen LogP contribution in [-0.2, 0) is 9.53 Å². The topological polar surface area (TPSA) is 41.6 Å². The summed E-state index contributed by atoms with van der Waals surface area (Å²) in [5, 5.41) is 3.36. The molecular formula is C13H26N2O2. The number of ether oxygens (including phenoxy) is 1. The van der Waals surface area contributed by atoms with Gasteiger partial charge in [0.25, 0.3) is 0 Å². The van der Waals surface area contributed by atoms with Gasteiger partial charge in [-0.1, -0.05) is 20.3 Å². The number of hydrogen-bond donors (Lipinski definition) is 1. The molecule has 0 aromatic carbocycles. The molecule has 0 aliphatic carbocycles. The van der Waals surface area contributed by atoms with Crippen LogP contribution in [0.25, 0.3) is 0 Å². The molecular weight excluding hydrogens is 216 g/mol. The molecule has 1 aliphatic heterocycles. The van der Waals surface area contributed by atoms with E-state index in [-0.39, 0.29) is 6.04 Å². The van der Waals surface area contributed by atoms with Crippen molar-refractivity contribution in [3.63, 3.8) is 0 Å². The summed E-state index contributed by atoms with van der Waals surface area (Å²) in [5.74, 6) is 0.875. The Morgan fingerprint density at radius 2 is 2.29 bits per heavy atom. The van der Waals surface area contributed by atoms with Crippen LogP contribution in [0.15, 0.2) is 0 Å². The number of carbonyl (C=O) groups excluding carboxylic acids is 1. The molecule has 0 radical (unpaired) electrons. The van der Waals surface area contributed by atoms with Crippen molar-refractivity contribution in [1.29, 1.82) is 0 Å². The third-order valence-corrected chi connectivity index (χ3v) is 3.29. The fourth-order valence-corrected chi connectivity index (χ4v) is 2.56. The van der Waals surface area contributed by atoms with Gasteiger partial charge < -0.3 is 15.0 Å². The van der Waals surface area contributed by atoms with Gasteiger partial charge in [0.15, 0.2) is 0 Å². The van der Waals surface area contributed by atoms with Crippen LogP contribution in [0.5, 0.6) is 0 Å². The Bertz CT molecular complexity index is 227. The molecule has 4 heteroatoms. The first kappa shape index (κ1) is 14.5. The first-order valence-corrected chi connectivity index (χ1v) is 6.71. The number of hydrogen-bond acceptors (Lipinski definition) is 3. The number of carbonyl (C=O) groups is 1. The molecule has 0 spiro atoms. The second kappa shape index (κ2) is 7.67. The molecule has 1 rings (SSSR count). The number of nitrogens with one attached hydrogen (secondary N) is 1. The quantitative estimate of drug-likeness (QED) is 0.697. The van der Waals surface area contributed by atoms with Crippen molar-refractivity contribution in [2.75, 3.05) is 33.4 Å². The molecule has 1 aliphatic rings. The summed E-state index contributed by atoms with van der Waals surface area (Å²) in [7, 11) is 1.70. The van der Waals surface area contributed by atoms with Crippen LogP contribution in [-0.4, -0.2) is 50.2 Å². The van der Waals surface area contributed by atoms with Gasteiger partial charge in [-0.05, 0) is 18.9 Å². The fraction of sp³-hybridized carbons (Fsp3) is 0.923. The Morgan fingerprint density at radius 1 is 1.53 bits per heavy atom. The lowest BCUT2D eigenvalue weighted by atomic mass is 10.0. The first-order chi connectivity index (χ1) is 8.21. The van der Waals surface area contributed by atoms with Crippen molar-refractivity contribution in [3.05, 3.63) is 0 Å². The van der Waals surface area contributed by atoms with Crippen LogP contribution >= 0.6 is 0 Å². The lowest BCUT2D eigenvalue weighted by Gasteiger charge is -2.24. The molecule has 0 bridgehead atoms. The summed E-state index contributed by atoms with van der Waals surface area (Å²) in [6.07, 6.45) is 3.07. The maximum absolute atomic E-state index is 11.9. The maximum Gasteiger partial charge on any atom is 0.222 e. The Balaban J connectivity index is 2.41. The molecule has 1 saturated heterocycles. The highest BCUT2D eigenvalue weighted by molar-refractivity contribution is 5.78. The molecule has 0 saturated carbocycles. The zero-order chi connectivity index (χ0) is 12.7. The van der Waals surface area contributed by atoms with E-state index in [4.69, 9.17) is 4.74 Å². The van der Waals surface area contributed by atoms with E-state index < -0.39 is 0 Å². The number of amides is 1. The van der Waals surface area contributed by atoms with E-state index in [0.717, 1.165) is 26.1 Å². The van der Waals surface area contributed by atoms with E-state index in [0.29, 0.717) is 18.4 Å². The number of likely N-dealkylation sites (tertiary alicyclic amines) is 1. The van der Waals surface area contributed by atoms with Gasteiger partial charge in [-0.2, -0.15) is 0 Å². The van der Waals surface area contributed by atoms with Crippen molar-refractivity contribution in [1.82, 2.24) is 10.2 Å².